The molecule has 1 heterocycles. The van der Waals surface area contributed by atoms with Gasteiger partial charge in [0.25, 0.3) is 12.3 Å². The van der Waals surface area contributed by atoms with Crippen LogP contribution in [0.3, 0.4) is 0 Å². The van der Waals surface area contributed by atoms with Gasteiger partial charge < -0.3 is 15.0 Å². The minimum Gasteiger partial charge on any atom is -0.508 e. The van der Waals surface area contributed by atoms with Gasteiger partial charge in [0.15, 0.2) is 0 Å². The van der Waals surface area contributed by atoms with Crippen LogP contribution in [-0.2, 0) is 6.54 Å². The van der Waals surface area contributed by atoms with Crippen LogP contribution in [0.25, 0.3) is 0 Å². The van der Waals surface area contributed by atoms with E-state index in [1.807, 2.05) is 0 Å². The number of aryl methyl sites for hydroxylation is 1. The second-order valence-corrected chi connectivity index (χ2v) is 4.39. The van der Waals surface area contributed by atoms with Crippen LogP contribution < -0.4 is 5.32 Å². The molecule has 0 saturated heterocycles. The van der Waals surface area contributed by atoms with E-state index in [0.29, 0.717) is 11.3 Å². The molecule has 0 unspecified atom stereocenters. The van der Waals surface area contributed by atoms with Gasteiger partial charge in [0, 0.05) is 18.0 Å². The second-order valence-electron chi connectivity index (χ2n) is 4.39. The molecule has 0 aliphatic heterocycles. The number of carbonyl (C=O) groups excluding carboxylic acids is 1. The maximum absolute atomic E-state index is 12.4. The molecule has 106 valence electrons. The monoisotopic (exact) mass is 280 g/mol. The number of hydrogen-bond acceptors (Lipinski definition) is 2. The molecule has 0 saturated carbocycles. The first-order chi connectivity index (χ1) is 9.47. The number of amides is 1. The van der Waals surface area contributed by atoms with Gasteiger partial charge in [-0.1, -0.05) is 6.07 Å². The first-order valence-electron chi connectivity index (χ1n) is 6.01. The van der Waals surface area contributed by atoms with Crippen LogP contribution in [0.4, 0.5) is 14.5 Å². The van der Waals surface area contributed by atoms with Crippen molar-refractivity contribution in [2.45, 2.75) is 19.9 Å². The number of alkyl halides is 2. The van der Waals surface area contributed by atoms with Crippen molar-refractivity contribution in [1.82, 2.24) is 4.57 Å². The van der Waals surface area contributed by atoms with Gasteiger partial charge in [0.1, 0.15) is 11.4 Å². The number of phenols is 1. The lowest BCUT2D eigenvalue weighted by molar-refractivity contribution is 0.0998. The van der Waals surface area contributed by atoms with E-state index in [1.54, 1.807) is 19.1 Å². The summed E-state index contributed by atoms with van der Waals surface area (Å²) in [5.41, 5.74) is 1.23. The number of nitrogens with zero attached hydrogens (tertiary/aromatic N) is 1. The highest BCUT2D eigenvalue weighted by Crippen LogP contribution is 2.21. The molecule has 20 heavy (non-hydrogen) atoms. The predicted octanol–water partition coefficient (Wildman–Crippen LogP) is 3.02. The summed E-state index contributed by atoms with van der Waals surface area (Å²) in [4.78, 5) is 12.0. The number of carbonyl (C=O) groups is 1. The number of phenolic OH excluding ortho intramolecular Hbond substituents is 1. The van der Waals surface area contributed by atoms with Crippen LogP contribution >= 0.6 is 0 Å². The number of anilines is 1. The quantitative estimate of drug-likeness (QED) is 0.904. The van der Waals surface area contributed by atoms with Crippen molar-refractivity contribution in [2.75, 3.05) is 5.32 Å². The molecule has 0 spiro atoms. The molecule has 1 aromatic carbocycles. The largest absolute Gasteiger partial charge is 0.508 e. The molecular weight excluding hydrogens is 266 g/mol. The van der Waals surface area contributed by atoms with Gasteiger partial charge in [0.05, 0.1) is 6.54 Å². The van der Waals surface area contributed by atoms with Crippen LogP contribution in [0, 0.1) is 6.92 Å². The third-order valence-electron chi connectivity index (χ3n) is 2.86. The van der Waals surface area contributed by atoms with Crippen molar-refractivity contribution in [1.29, 1.82) is 0 Å². The highest BCUT2D eigenvalue weighted by Gasteiger charge is 2.14. The molecule has 0 bridgehead atoms. The summed E-state index contributed by atoms with van der Waals surface area (Å²) < 4.78 is 25.9. The van der Waals surface area contributed by atoms with Crippen molar-refractivity contribution in [2.24, 2.45) is 0 Å². The Morgan fingerprint density at radius 1 is 1.40 bits per heavy atom. The minimum absolute atomic E-state index is 0.0609. The fourth-order valence-corrected chi connectivity index (χ4v) is 1.81. The van der Waals surface area contributed by atoms with E-state index in [2.05, 4.69) is 5.32 Å². The van der Waals surface area contributed by atoms with Gasteiger partial charge in [-0.3, -0.25) is 4.79 Å². The summed E-state index contributed by atoms with van der Waals surface area (Å²) in [6.45, 7) is 1.20. The zero-order chi connectivity index (χ0) is 14.7. The number of rotatable bonds is 4. The summed E-state index contributed by atoms with van der Waals surface area (Å²) in [5, 5.41) is 12.1. The highest BCUT2D eigenvalue weighted by molar-refractivity contribution is 6.03. The van der Waals surface area contributed by atoms with Crippen LogP contribution in [0.1, 0.15) is 16.1 Å². The summed E-state index contributed by atoms with van der Waals surface area (Å²) in [5.74, 6) is -0.440. The fraction of sp³-hybridized carbons (Fsp3) is 0.214. The first kappa shape index (κ1) is 14.0. The number of nitrogens with one attached hydrogen (secondary N) is 1. The predicted molar refractivity (Wildman–Crippen MR) is 71.2 cm³/mol. The van der Waals surface area contributed by atoms with E-state index in [0.717, 1.165) is 0 Å². The highest BCUT2D eigenvalue weighted by atomic mass is 19.3. The molecule has 6 heteroatoms. The molecule has 0 fully saturated rings. The topological polar surface area (TPSA) is 54.3 Å². The third-order valence-corrected chi connectivity index (χ3v) is 2.86. The standard InChI is InChI=1S/C14H14F2N2O2/c1-9-4-5-10(7-12(9)19)17-14(20)11-3-2-6-18(11)8-13(15)16/h2-7,13,19H,8H2,1H3,(H,17,20). The van der Waals surface area contributed by atoms with Gasteiger partial charge in [-0.05, 0) is 30.7 Å². The van der Waals surface area contributed by atoms with E-state index in [9.17, 15) is 18.7 Å². The van der Waals surface area contributed by atoms with E-state index < -0.39 is 18.9 Å². The summed E-state index contributed by atoms with van der Waals surface area (Å²) >= 11 is 0. The Bertz CT molecular complexity index is 623. The lowest BCUT2D eigenvalue weighted by Crippen LogP contribution is -2.18. The Kier molecular flexibility index (Phi) is 4.02. The number of halogens is 2. The molecule has 1 aromatic heterocycles. The summed E-state index contributed by atoms with van der Waals surface area (Å²) in [7, 11) is 0. The molecule has 0 atom stereocenters. The Morgan fingerprint density at radius 3 is 2.80 bits per heavy atom. The number of benzene rings is 1. The van der Waals surface area contributed by atoms with Crippen LogP contribution in [0.15, 0.2) is 36.5 Å². The number of aromatic hydroxyl groups is 1. The van der Waals surface area contributed by atoms with E-state index >= 15 is 0 Å². The summed E-state index contributed by atoms with van der Waals surface area (Å²) in [6, 6.07) is 7.69. The van der Waals surface area contributed by atoms with Crippen molar-refractivity contribution in [3.63, 3.8) is 0 Å². The Hall–Kier alpha value is -2.37. The lowest BCUT2D eigenvalue weighted by atomic mass is 10.2. The lowest BCUT2D eigenvalue weighted by Gasteiger charge is -2.10. The minimum atomic E-state index is -2.53. The zero-order valence-corrected chi connectivity index (χ0v) is 10.8. The Morgan fingerprint density at radius 2 is 2.15 bits per heavy atom. The van der Waals surface area contributed by atoms with Gasteiger partial charge in [0.2, 0.25) is 0 Å². The van der Waals surface area contributed by atoms with E-state index in [1.165, 1.54) is 29.0 Å². The number of hydrogen-bond donors (Lipinski definition) is 2. The average molecular weight is 280 g/mol. The Labute approximate surface area is 114 Å². The van der Waals surface area contributed by atoms with Crippen molar-refractivity contribution in [3.05, 3.63) is 47.8 Å². The Balaban J connectivity index is 2.15. The van der Waals surface area contributed by atoms with Crippen molar-refractivity contribution < 1.29 is 18.7 Å². The average Bonchev–Trinajstić information content (AvgIpc) is 2.81. The zero-order valence-electron chi connectivity index (χ0n) is 10.8. The van der Waals surface area contributed by atoms with E-state index in [4.69, 9.17) is 0 Å². The van der Waals surface area contributed by atoms with Crippen LogP contribution in [0.2, 0.25) is 0 Å². The van der Waals surface area contributed by atoms with Crippen LogP contribution in [0.5, 0.6) is 5.75 Å². The van der Waals surface area contributed by atoms with Gasteiger partial charge in [-0.15, -0.1) is 0 Å². The maximum Gasteiger partial charge on any atom is 0.272 e. The molecule has 0 radical (unpaired) electrons. The smallest absolute Gasteiger partial charge is 0.272 e. The van der Waals surface area contributed by atoms with Crippen molar-refractivity contribution >= 4 is 11.6 Å². The first-order valence-corrected chi connectivity index (χ1v) is 6.01. The fourth-order valence-electron chi connectivity index (χ4n) is 1.81. The molecule has 4 nitrogen and oxygen atoms in total. The SMILES string of the molecule is Cc1ccc(NC(=O)c2cccn2CC(F)F)cc1O. The van der Waals surface area contributed by atoms with Gasteiger partial charge in [-0.2, -0.15) is 0 Å². The molecule has 2 rings (SSSR count). The third kappa shape index (κ3) is 3.14. The van der Waals surface area contributed by atoms with Crippen LogP contribution in [-0.4, -0.2) is 22.0 Å². The number of aromatic nitrogens is 1. The molecule has 0 aliphatic rings. The van der Waals surface area contributed by atoms with Gasteiger partial charge >= 0.3 is 0 Å². The summed E-state index contributed by atoms with van der Waals surface area (Å²) in [6.07, 6.45) is -1.11. The van der Waals surface area contributed by atoms with Crippen molar-refractivity contribution in [3.8, 4) is 5.75 Å². The van der Waals surface area contributed by atoms with Gasteiger partial charge in [-0.25, -0.2) is 8.78 Å². The molecule has 1 amide bonds. The second kappa shape index (κ2) is 5.73. The molecule has 2 N–H and O–H groups in total. The molecular formula is C14H14F2N2O2. The maximum atomic E-state index is 12.4. The normalized spacial score (nSPS) is 10.8. The van der Waals surface area contributed by atoms with E-state index in [-0.39, 0.29) is 11.4 Å². The molecule has 2 aromatic rings. The molecule has 0 aliphatic carbocycles.